The summed E-state index contributed by atoms with van der Waals surface area (Å²) in [4.78, 5) is 27.6. The lowest BCUT2D eigenvalue weighted by Gasteiger charge is -2.33. The van der Waals surface area contributed by atoms with Crippen LogP contribution < -0.4 is 10.2 Å². The van der Waals surface area contributed by atoms with E-state index < -0.39 is 0 Å². The number of nitrogens with one attached hydrogen (secondary N) is 1. The first-order chi connectivity index (χ1) is 13.7. The molecule has 3 aliphatic rings. The normalized spacial score (nSPS) is 19.6. The van der Waals surface area contributed by atoms with Crippen molar-refractivity contribution in [1.29, 1.82) is 0 Å². The number of aromatic nitrogens is 1. The molecular formula is C22H17N3O3. The topological polar surface area (TPSA) is 74.6 Å². The SMILES string of the molecule is O=C1NC(=O)C2=C1c1c(n(CCO)c3ccccc13)C1Cc3ccccc3N21. The molecule has 2 N–H and O–H groups in total. The van der Waals surface area contributed by atoms with E-state index in [0.717, 1.165) is 39.8 Å². The number of anilines is 1. The highest BCUT2D eigenvalue weighted by Crippen LogP contribution is 2.52. The highest BCUT2D eigenvalue weighted by molar-refractivity contribution is 6.39. The first-order valence-corrected chi connectivity index (χ1v) is 9.40. The van der Waals surface area contributed by atoms with Gasteiger partial charge in [-0.2, -0.15) is 0 Å². The third kappa shape index (κ3) is 1.75. The Kier molecular flexibility index (Phi) is 2.98. The van der Waals surface area contributed by atoms with Crippen molar-refractivity contribution < 1.29 is 14.7 Å². The molecule has 1 aromatic heterocycles. The predicted molar refractivity (Wildman–Crippen MR) is 104 cm³/mol. The van der Waals surface area contributed by atoms with Gasteiger partial charge >= 0.3 is 0 Å². The third-order valence-electron chi connectivity index (χ3n) is 6.02. The standard InChI is InChI=1S/C22H17N3O3/c26-10-9-24-15-8-4-2-6-13(15)17-18-20(22(28)23-21(18)27)25-14-7-3-1-5-12(14)11-16(25)19(17)24/h1-8,16,26H,9-11H2,(H,23,27,28). The van der Waals surface area contributed by atoms with Gasteiger partial charge in [-0.25, -0.2) is 0 Å². The Morgan fingerprint density at radius 3 is 2.68 bits per heavy atom. The summed E-state index contributed by atoms with van der Waals surface area (Å²) in [5.41, 5.74) is 5.81. The Balaban J connectivity index is 1.76. The van der Waals surface area contributed by atoms with Crippen molar-refractivity contribution in [2.45, 2.75) is 19.0 Å². The van der Waals surface area contributed by atoms with Crippen LogP contribution >= 0.6 is 0 Å². The van der Waals surface area contributed by atoms with Crippen molar-refractivity contribution in [3.05, 3.63) is 71.0 Å². The zero-order valence-corrected chi connectivity index (χ0v) is 15.0. The van der Waals surface area contributed by atoms with E-state index in [0.29, 0.717) is 17.8 Å². The summed E-state index contributed by atoms with van der Waals surface area (Å²) >= 11 is 0. The number of carbonyl (C=O) groups excluding carboxylic acids is 2. The highest BCUT2D eigenvalue weighted by Gasteiger charge is 2.49. The summed E-state index contributed by atoms with van der Waals surface area (Å²) < 4.78 is 2.11. The molecule has 2 amide bonds. The fourth-order valence-corrected chi connectivity index (χ4v) is 5.06. The van der Waals surface area contributed by atoms with Crippen LogP contribution in [0.3, 0.4) is 0 Å². The number of hydrogen-bond acceptors (Lipinski definition) is 4. The minimum atomic E-state index is -0.351. The molecule has 0 radical (unpaired) electrons. The lowest BCUT2D eigenvalue weighted by Crippen LogP contribution is -2.34. The number of imide groups is 1. The van der Waals surface area contributed by atoms with Crippen LogP contribution in [0.15, 0.2) is 54.2 Å². The Labute approximate surface area is 160 Å². The lowest BCUT2D eigenvalue weighted by molar-refractivity contribution is -0.123. The molecule has 3 aliphatic heterocycles. The van der Waals surface area contributed by atoms with Crippen LogP contribution in [0.2, 0.25) is 0 Å². The second-order valence-electron chi connectivity index (χ2n) is 7.38. The van der Waals surface area contributed by atoms with Gasteiger partial charge in [0.2, 0.25) is 0 Å². The molecule has 0 fully saturated rings. The number of rotatable bonds is 2. The monoisotopic (exact) mass is 371 g/mol. The molecule has 4 heterocycles. The van der Waals surface area contributed by atoms with Crippen LogP contribution in [0.5, 0.6) is 0 Å². The molecule has 1 unspecified atom stereocenters. The fourth-order valence-electron chi connectivity index (χ4n) is 5.06. The van der Waals surface area contributed by atoms with E-state index >= 15 is 0 Å². The van der Waals surface area contributed by atoms with Gasteiger partial charge in [-0.05, 0) is 17.7 Å². The fraction of sp³-hybridized carbons (Fsp3) is 0.182. The lowest BCUT2D eigenvalue weighted by atomic mass is 9.92. The smallest absolute Gasteiger partial charge is 0.275 e. The molecule has 0 saturated carbocycles. The minimum absolute atomic E-state index is 0.00180. The van der Waals surface area contributed by atoms with Gasteiger partial charge in [0.15, 0.2) is 0 Å². The van der Waals surface area contributed by atoms with Crippen LogP contribution in [0, 0.1) is 0 Å². The van der Waals surface area contributed by atoms with Crippen LogP contribution in [0.1, 0.15) is 22.9 Å². The number of fused-ring (bicyclic) bond motifs is 9. The van der Waals surface area contributed by atoms with Crippen LogP contribution in [0.4, 0.5) is 5.69 Å². The Morgan fingerprint density at radius 2 is 1.82 bits per heavy atom. The molecule has 6 nitrogen and oxygen atoms in total. The molecule has 0 spiro atoms. The first-order valence-electron chi connectivity index (χ1n) is 9.40. The highest BCUT2D eigenvalue weighted by atomic mass is 16.3. The van der Waals surface area contributed by atoms with Crippen molar-refractivity contribution in [3.63, 3.8) is 0 Å². The maximum Gasteiger partial charge on any atom is 0.275 e. The summed E-state index contributed by atoms with van der Waals surface area (Å²) in [6, 6.07) is 15.8. The molecule has 6 heteroatoms. The summed E-state index contributed by atoms with van der Waals surface area (Å²) in [5, 5.41) is 13.2. The first kappa shape index (κ1) is 15.7. The molecule has 0 aliphatic carbocycles. The van der Waals surface area contributed by atoms with Crippen molar-refractivity contribution in [2.24, 2.45) is 0 Å². The zero-order valence-electron chi connectivity index (χ0n) is 15.0. The van der Waals surface area contributed by atoms with Crippen molar-refractivity contribution in [3.8, 4) is 0 Å². The number of hydrogen-bond donors (Lipinski definition) is 2. The van der Waals surface area contributed by atoms with Crippen LogP contribution in [0.25, 0.3) is 16.5 Å². The van der Waals surface area contributed by atoms with Gasteiger partial charge < -0.3 is 14.6 Å². The second-order valence-corrected chi connectivity index (χ2v) is 7.38. The molecule has 2 aromatic carbocycles. The Bertz CT molecular complexity index is 1240. The maximum atomic E-state index is 12.8. The van der Waals surface area contributed by atoms with Gasteiger partial charge in [-0.1, -0.05) is 36.4 Å². The van der Waals surface area contributed by atoms with E-state index in [1.807, 2.05) is 47.4 Å². The zero-order chi connectivity index (χ0) is 19.0. The number of carbonyl (C=O) groups is 2. The average molecular weight is 371 g/mol. The molecule has 0 bridgehead atoms. The number of amides is 2. The maximum absolute atomic E-state index is 12.8. The molecule has 0 saturated heterocycles. The molecule has 1 atom stereocenters. The van der Waals surface area contributed by atoms with Crippen LogP contribution in [-0.2, 0) is 22.6 Å². The Hall–Kier alpha value is -3.38. The Morgan fingerprint density at radius 1 is 1.04 bits per heavy atom. The predicted octanol–water partition coefficient (Wildman–Crippen LogP) is 2.12. The van der Waals surface area contributed by atoms with E-state index in [1.54, 1.807) is 0 Å². The van der Waals surface area contributed by atoms with E-state index in [-0.39, 0.29) is 24.5 Å². The van der Waals surface area contributed by atoms with E-state index in [9.17, 15) is 14.7 Å². The molecule has 138 valence electrons. The van der Waals surface area contributed by atoms with Gasteiger partial charge in [0.25, 0.3) is 11.8 Å². The van der Waals surface area contributed by atoms with Gasteiger partial charge in [0.05, 0.1) is 23.9 Å². The molecule has 28 heavy (non-hydrogen) atoms. The van der Waals surface area contributed by atoms with Crippen LogP contribution in [-0.4, -0.2) is 28.1 Å². The molecular weight excluding hydrogens is 354 g/mol. The number of aliphatic hydroxyl groups is 1. The number of aliphatic hydroxyl groups excluding tert-OH is 1. The number of para-hydroxylation sites is 2. The third-order valence-corrected chi connectivity index (χ3v) is 6.02. The average Bonchev–Trinajstić information content (AvgIpc) is 3.32. The molecule has 6 rings (SSSR count). The van der Waals surface area contributed by atoms with Crippen molar-refractivity contribution >= 4 is 34.0 Å². The second kappa shape index (κ2) is 5.33. The van der Waals surface area contributed by atoms with Gasteiger partial charge in [-0.3, -0.25) is 14.9 Å². The van der Waals surface area contributed by atoms with E-state index in [2.05, 4.69) is 16.0 Å². The number of nitrogens with zero attached hydrogens (tertiary/aromatic N) is 2. The molecule has 3 aromatic rings. The summed E-state index contributed by atoms with van der Waals surface area (Å²) in [6.07, 6.45) is 0.753. The van der Waals surface area contributed by atoms with Gasteiger partial charge in [-0.15, -0.1) is 0 Å². The van der Waals surface area contributed by atoms with E-state index in [4.69, 9.17) is 0 Å². The summed E-state index contributed by atoms with van der Waals surface area (Å²) in [6.45, 7) is 0.441. The van der Waals surface area contributed by atoms with E-state index in [1.165, 1.54) is 0 Å². The largest absolute Gasteiger partial charge is 0.395 e. The van der Waals surface area contributed by atoms with Crippen molar-refractivity contribution in [1.82, 2.24) is 9.88 Å². The van der Waals surface area contributed by atoms with Gasteiger partial charge in [0.1, 0.15) is 5.70 Å². The van der Waals surface area contributed by atoms with Gasteiger partial charge in [0, 0.05) is 35.1 Å². The summed E-state index contributed by atoms with van der Waals surface area (Å²) in [5.74, 6) is -0.692. The summed E-state index contributed by atoms with van der Waals surface area (Å²) in [7, 11) is 0. The van der Waals surface area contributed by atoms with Crippen molar-refractivity contribution in [2.75, 3.05) is 11.5 Å². The number of benzene rings is 2. The quantitative estimate of drug-likeness (QED) is 0.677. The minimum Gasteiger partial charge on any atom is -0.395 e.